The summed E-state index contributed by atoms with van der Waals surface area (Å²) in [6, 6.07) is 12.8. The maximum atomic E-state index is 13.4. The molecule has 0 spiro atoms. The Labute approximate surface area is 222 Å². The number of likely N-dealkylation sites (N-methyl/N-ethyl adjacent to an activating group) is 1. The molecule has 10 heteroatoms. The largest absolute Gasteiger partial charge is 0.385 e. The molecular weight excluding hydrogens is 552 g/mol. The minimum atomic E-state index is -0.230. The first kappa shape index (κ1) is 25.4. The van der Waals surface area contributed by atoms with Gasteiger partial charge in [-0.2, -0.15) is 0 Å². The number of carbonyl (C=O) groups excluding carboxylic acids is 2. The second kappa shape index (κ2) is 10.9. The van der Waals surface area contributed by atoms with E-state index in [1.165, 1.54) is 4.90 Å². The zero-order chi connectivity index (χ0) is 25.1. The van der Waals surface area contributed by atoms with Crippen molar-refractivity contribution in [2.75, 3.05) is 32.2 Å². The number of nitrogens with one attached hydrogen (secondary N) is 1. The predicted molar refractivity (Wildman–Crippen MR) is 146 cm³/mol. The standard InChI is InChI=1S/C25H24BrClN4O3S/c1-29-22(24(33)31(25(29)35)19-7-5-18(27)6-8-19)12-16-14-30(15-23(32)28-10-3-11-34-2)21-9-4-17(26)13-20(16)21/h4-9,12-14H,3,10-11,15H2,1-2H3,(H,28,32)/b22-12-. The molecule has 0 atom stereocenters. The van der Waals surface area contributed by atoms with Gasteiger partial charge in [0.2, 0.25) is 5.91 Å². The number of thiocarbonyl (C=S) groups is 1. The fourth-order valence-electron chi connectivity index (χ4n) is 3.92. The monoisotopic (exact) mass is 574 g/mol. The van der Waals surface area contributed by atoms with Crippen molar-refractivity contribution < 1.29 is 14.3 Å². The van der Waals surface area contributed by atoms with Crippen LogP contribution in [0, 0.1) is 0 Å². The van der Waals surface area contributed by atoms with E-state index >= 15 is 0 Å². The number of halogens is 2. The maximum absolute atomic E-state index is 13.4. The Morgan fingerprint density at radius 1 is 1.23 bits per heavy atom. The van der Waals surface area contributed by atoms with Gasteiger partial charge in [-0.15, -0.1) is 0 Å². The topological polar surface area (TPSA) is 66.8 Å². The number of hydrogen-bond donors (Lipinski definition) is 1. The quantitative estimate of drug-likeness (QED) is 0.237. The van der Waals surface area contributed by atoms with E-state index in [1.54, 1.807) is 43.3 Å². The van der Waals surface area contributed by atoms with Crippen LogP contribution in [0.5, 0.6) is 0 Å². The van der Waals surface area contributed by atoms with Gasteiger partial charge in [0.05, 0.1) is 5.69 Å². The highest BCUT2D eigenvalue weighted by atomic mass is 79.9. The van der Waals surface area contributed by atoms with E-state index in [9.17, 15) is 9.59 Å². The molecule has 7 nitrogen and oxygen atoms in total. The molecular formula is C25H24BrClN4O3S. The molecule has 1 saturated heterocycles. The van der Waals surface area contributed by atoms with Gasteiger partial charge in [-0.1, -0.05) is 27.5 Å². The molecule has 0 aliphatic carbocycles. The molecule has 0 radical (unpaired) electrons. The van der Waals surface area contributed by atoms with Gasteiger partial charge in [0.25, 0.3) is 5.91 Å². The summed E-state index contributed by atoms with van der Waals surface area (Å²) >= 11 is 15.1. The van der Waals surface area contributed by atoms with Crippen LogP contribution in [0.2, 0.25) is 5.02 Å². The Morgan fingerprint density at radius 2 is 1.97 bits per heavy atom. The number of hydrogen-bond acceptors (Lipinski definition) is 4. The number of fused-ring (bicyclic) bond motifs is 1. The van der Waals surface area contributed by atoms with Crippen LogP contribution in [0.4, 0.5) is 5.69 Å². The van der Waals surface area contributed by atoms with Crippen LogP contribution >= 0.6 is 39.7 Å². The summed E-state index contributed by atoms with van der Waals surface area (Å²) < 4.78 is 7.81. The van der Waals surface area contributed by atoms with Crippen LogP contribution in [0.1, 0.15) is 12.0 Å². The number of ether oxygens (including phenoxy) is 1. The molecule has 1 aromatic heterocycles. The van der Waals surface area contributed by atoms with Crippen LogP contribution < -0.4 is 10.2 Å². The van der Waals surface area contributed by atoms with Crippen LogP contribution in [0.15, 0.2) is 58.8 Å². The van der Waals surface area contributed by atoms with Crippen molar-refractivity contribution in [2.24, 2.45) is 0 Å². The minimum Gasteiger partial charge on any atom is -0.385 e. The van der Waals surface area contributed by atoms with Gasteiger partial charge in [-0.05, 0) is 67.2 Å². The fraction of sp³-hybridized carbons (Fsp3) is 0.240. The Balaban J connectivity index is 1.66. The Kier molecular flexibility index (Phi) is 7.91. The summed E-state index contributed by atoms with van der Waals surface area (Å²) in [4.78, 5) is 29.1. The average Bonchev–Trinajstić information content (AvgIpc) is 3.26. The Morgan fingerprint density at radius 3 is 2.69 bits per heavy atom. The lowest BCUT2D eigenvalue weighted by molar-refractivity contribution is -0.121. The first-order chi connectivity index (χ1) is 16.8. The van der Waals surface area contributed by atoms with Crippen LogP contribution in [-0.2, 0) is 20.9 Å². The first-order valence-electron chi connectivity index (χ1n) is 10.9. The number of amides is 2. The van der Waals surface area contributed by atoms with Crippen LogP contribution in [0.3, 0.4) is 0 Å². The zero-order valence-corrected chi connectivity index (χ0v) is 22.4. The molecule has 0 bridgehead atoms. The van der Waals surface area contributed by atoms with E-state index in [1.807, 2.05) is 35.0 Å². The van der Waals surface area contributed by atoms with Crippen LogP contribution in [0.25, 0.3) is 17.0 Å². The number of methoxy groups -OCH3 is 1. The third kappa shape index (κ3) is 5.43. The van der Waals surface area contributed by atoms with E-state index < -0.39 is 0 Å². The van der Waals surface area contributed by atoms with Crippen molar-refractivity contribution in [3.63, 3.8) is 0 Å². The number of aromatic nitrogens is 1. The third-order valence-corrected chi connectivity index (χ3v) is 6.88. The zero-order valence-electron chi connectivity index (χ0n) is 19.3. The van der Waals surface area contributed by atoms with Gasteiger partial charge in [0, 0.05) is 59.5 Å². The van der Waals surface area contributed by atoms with Crippen molar-refractivity contribution in [1.29, 1.82) is 0 Å². The SMILES string of the molecule is COCCCNC(=O)Cn1cc(/C=C2/C(=O)N(c3ccc(Cl)cc3)C(=S)N2C)c2cc(Br)ccc21. The van der Waals surface area contributed by atoms with E-state index in [-0.39, 0.29) is 18.4 Å². The van der Waals surface area contributed by atoms with Gasteiger partial charge < -0.3 is 19.5 Å². The first-order valence-corrected chi connectivity index (χ1v) is 12.5. The second-order valence-electron chi connectivity index (χ2n) is 8.06. The summed E-state index contributed by atoms with van der Waals surface area (Å²) in [5, 5.41) is 4.78. The van der Waals surface area contributed by atoms with Crippen molar-refractivity contribution >= 4 is 79.3 Å². The maximum Gasteiger partial charge on any atom is 0.281 e. The number of rotatable bonds is 8. The van der Waals surface area contributed by atoms with Gasteiger partial charge >= 0.3 is 0 Å². The molecule has 2 heterocycles. The lowest BCUT2D eigenvalue weighted by Crippen LogP contribution is -2.31. The van der Waals surface area contributed by atoms with E-state index in [2.05, 4.69) is 21.2 Å². The molecule has 182 valence electrons. The molecule has 0 saturated carbocycles. The number of nitrogens with zero attached hydrogens (tertiary/aromatic N) is 3. The molecule has 3 aromatic rings. The van der Waals surface area contributed by atoms with Crippen molar-refractivity contribution in [2.45, 2.75) is 13.0 Å². The lowest BCUT2D eigenvalue weighted by atomic mass is 10.1. The molecule has 2 aromatic carbocycles. The molecule has 1 fully saturated rings. The highest BCUT2D eigenvalue weighted by Gasteiger charge is 2.37. The normalized spacial score (nSPS) is 15.0. The van der Waals surface area contributed by atoms with Crippen molar-refractivity contribution in [3.8, 4) is 0 Å². The summed E-state index contributed by atoms with van der Waals surface area (Å²) in [7, 11) is 3.40. The van der Waals surface area contributed by atoms with Crippen molar-refractivity contribution in [3.05, 3.63) is 69.4 Å². The summed E-state index contributed by atoms with van der Waals surface area (Å²) in [6.45, 7) is 1.30. The number of carbonyl (C=O) groups is 2. The van der Waals surface area contributed by atoms with Gasteiger partial charge in [-0.3, -0.25) is 14.5 Å². The fourth-order valence-corrected chi connectivity index (χ4v) is 4.69. The molecule has 1 aliphatic rings. The number of anilines is 1. The lowest BCUT2D eigenvalue weighted by Gasteiger charge is -2.16. The molecule has 0 unspecified atom stereocenters. The molecule has 2 amide bonds. The smallest absolute Gasteiger partial charge is 0.281 e. The minimum absolute atomic E-state index is 0.0933. The Bertz CT molecular complexity index is 1320. The van der Waals surface area contributed by atoms with Gasteiger partial charge in [-0.25, -0.2) is 0 Å². The average molecular weight is 576 g/mol. The van der Waals surface area contributed by atoms with Crippen molar-refractivity contribution in [1.82, 2.24) is 14.8 Å². The molecule has 1 N–H and O–H groups in total. The van der Waals surface area contributed by atoms with Crippen LogP contribution in [-0.4, -0.2) is 53.7 Å². The summed E-state index contributed by atoms with van der Waals surface area (Å²) in [5.74, 6) is -0.323. The third-order valence-electron chi connectivity index (χ3n) is 5.67. The molecule has 1 aliphatic heterocycles. The molecule has 35 heavy (non-hydrogen) atoms. The Hall–Kier alpha value is -2.72. The summed E-state index contributed by atoms with van der Waals surface area (Å²) in [6.07, 6.45) is 4.44. The highest BCUT2D eigenvalue weighted by Crippen LogP contribution is 2.32. The van der Waals surface area contributed by atoms with E-state index in [0.29, 0.717) is 34.7 Å². The number of benzene rings is 2. The second-order valence-corrected chi connectivity index (χ2v) is 9.78. The van der Waals surface area contributed by atoms with Gasteiger partial charge in [0.15, 0.2) is 5.11 Å². The van der Waals surface area contributed by atoms with E-state index in [0.717, 1.165) is 27.4 Å². The summed E-state index contributed by atoms with van der Waals surface area (Å²) in [5.41, 5.74) is 2.78. The van der Waals surface area contributed by atoms with Gasteiger partial charge in [0.1, 0.15) is 12.2 Å². The molecule has 4 rings (SSSR count). The highest BCUT2D eigenvalue weighted by molar-refractivity contribution is 9.10. The predicted octanol–water partition coefficient (Wildman–Crippen LogP) is 4.81. The van der Waals surface area contributed by atoms with E-state index in [4.69, 9.17) is 28.6 Å².